The van der Waals surface area contributed by atoms with Crippen LogP contribution in [0.2, 0.25) is 0 Å². The summed E-state index contributed by atoms with van der Waals surface area (Å²) in [6.45, 7) is 0.816. The lowest BCUT2D eigenvalue weighted by molar-refractivity contribution is -0.129. The monoisotopic (exact) mass is 336 g/mol. The van der Waals surface area contributed by atoms with Crippen molar-refractivity contribution in [1.29, 1.82) is 0 Å². The van der Waals surface area contributed by atoms with E-state index in [9.17, 15) is 9.59 Å². The third kappa shape index (κ3) is 4.67. The highest BCUT2D eigenvalue weighted by Gasteiger charge is 2.09. The van der Waals surface area contributed by atoms with Gasteiger partial charge in [-0.3, -0.25) is 14.6 Å². The zero-order valence-electron chi connectivity index (χ0n) is 13.8. The van der Waals surface area contributed by atoms with Crippen LogP contribution in [0.5, 0.6) is 0 Å². The zero-order valence-corrected chi connectivity index (χ0v) is 13.8. The van der Waals surface area contributed by atoms with E-state index in [2.05, 4.69) is 20.6 Å². The molecule has 2 aromatic heterocycles. The largest absolute Gasteiger partial charge is 0.361 e. The molecule has 0 saturated heterocycles. The molecule has 2 amide bonds. The molecule has 6 heteroatoms. The van der Waals surface area contributed by atoms with Crippen LogP contribution in [0, 0.1) is 0 Å². The van der Waals surface area contributed by atoms with E-state index in [1.54, 1.807) is 6.20 Å². The summed E-state index contributed by atoms with van der Waals surface area (Å²) >= 11 is 0. The third-order valence-electron chi connectivity index (χ3n) is 3.91. The first-order valence-corrected chi connectivity index (χ1v) is 8.20. The van der Waals surface area contributed by atoms with E-state index in [1.807, 2.05) is 48.7 Å². The van der Waals surface area contributed by atoms with Crippen LogP contribution in [0.15, 0.2) is 54.9 Å². The van der Waals surface area contributed by atoms with Crippen molar-refractivity contribution in [1.82, 2.24) is 20.6 Å². The van der Waals surface area contributed by atoms with Gasteiger partial charge >= 0.3 is 0 Å². The fourth-order valence-corrected chi connectivity index (χ4v) is 2.64. The van der Waals surface area contributed by atoms with Gasteiger partial charge in [-0.05, 0) is 30.2 Å². The van der Waals surface area contributed by atoms with Crippen molar-refractivity contribution < 1.29 is 9.59 Å². The van der Waals surface area contributed by atoms with Gasteiger partial charge in [-0.15, -0.1) is 0 Å². The number of carbonyl (C=O) groups excluding carboxylic acids is 2. The van der Waals surface area contributed by atoms with Gasteiger partial charge < -0.3 is 15.6 Å². The van der Waals surface area contributed by atoms with E-state index in [4.69, 9.17) is 0 Å². The van der Waals surface area contributed by atoms with Crippen LogP contribution in [-0.4, -0.2) is 28.3 Å². The maximum absolute atomic E-state index is 11.9. The van der Waals surface area contributed by atoms with Crippen molar-refractivity contribution in [2.24, 2.45) is 0 Å². The Bertz CT molecular complexity index is 858. The molecule has 25 heavy (non-hydrogen) atoms. The number of nitrogens with one attached hydrogen (secondary N) is 3. The molecule has 0 saturated carbocycles. The molecule has 0 aliphatic heterocycles. The molecule has 0 fully saturated rings. The van der Waals surface area contributed by atoms with E-state index in [-0.39, 0.29) is 18.2 Å². The summed E-state index contributed by atoms with van der Waals surface area (Å²) in [6, 6.07) is 13.5. The number of hydrogen-bond donors (Lipinski definition) is 3. The maximum atomic E-state index is 11.9. The van der Waals surface area contributed by atoms with E-state index >= 15 is 0 Å². The molecule has 0 radical (unpaired) electrons. The molecule has 0 aliphatic carbocycles. The summed E-state index contributed by atoms with van der Waals surface area (Å²) in [4.78, 5) is 31.0. The van der Waals surface area contributed by atoms with E-state index in [0.29, 0.717) is 19.5 Å². The quantitative estimate of drug-likeness (QED) is 0.576. The maximum Gasteiger partial charge on any atom is 0.229 e. The first kappa shape index (κ1) is 16.7. The standard InChI is InChI=1S/C19H20N4O2/c24-18(11-19(25)23-13-15-5-3-4-9-20-15)21-10-8-14-12-22-17-7-2-1-6-16(14)17/h1-7,9,12,22H,8,10-11,13H2,(H,21,24)(H,23,25). The Morgan fingerprint density at radius 1 is 1.00 bits per heavy atom. The van der Waals surface area contributed by atoms with Gasteiger partial charge in [0.2, 0.25) is 11.8 Å². The molecule has 3 aromatic rings. The minimum Gasteiger partial charge on any atom is -0.361 e. The predicted octanol–water partition coefficient (Wildman–Crippen LogP) is 1.93. The van der Waals surface area contributed by atoms with Crippen molar-refractivity contribution in [3.8, 4) is 0 Å². The number of hydrogen-bond acceptors (Lipinski definition) is 3. The average molecular weight is 336 g/mol. The number of benzene rings is 1. The lowest BCUT2D eigenvalue weighted by atomic mass is 10.1. The minimum absolute atomic E-state index is 0.180. The lowest BCUT2D eigenvalue weighted by Gasteiger charge is -2.06. The summed E-state index contributed by atoms with van der Waals surface area (Å²) in [5.74, 6) is -0.589. The van der Waals surface area contributed by atoms with Gasteiger partial charge in [-0.25, -0.2) is 0 Å². The molecule has 1 aromatic carbocycles. The van der Waals surface area contributed by atoms with Crippen molar-refractivity contribution in [2.75, 3.05) is 6.54 Å². The molecule has 6 nitrogen and oxygen atoms in total. The van der Waals surface area contributed by atoms with Gasteiger partial charge in [-0.2, -0.15) is 0 Å². The summed E-state index contributed by atoms with van der Waals surface area (Å²) in [5.41, 5.74) is 2.99. The Kier molecular flexibility index (Phi) is 5.41. The van der Waals surface area contributed by atoms with Gasteiger partial charge in [-0.1, -0.05) is 24.3 Å². The van der Waals surface area contributed by atoms with E-state index < -0.39 is 0 Å². The van der Waals surface area contributed by atoms with Crippen LogP contribution in [0.4, 0.5) is 0 Å². The van der Waals surface area contributed by atoms with Crippen molar-refractivity contribution in [3.05, 3.63) is 66.1 Å². The highest BCUT2D eigenvalue weighted by atomic mass is 16.2. The molecule has 0 atom stereocenters. The number of nitrogens with zero attached hydrogens (tertiary/aromatic N) is 1. The Labute approximate surface area is 145 Å². The van der Waals surface area contributed by atoms with Crippen LogP contribution >= 0.6 is 0 Å². The molecule has 2 heterocycles. The highest BCUT2D eigenvalue weighted by molar-refractivity contribution is 5.96. The second-order valence-corrected chi connectivity index (χ2v) is 5.73. The number of fused-ring (bicyclic) bond motifs is 1. The summed E-state index contributed by atoms with van der Waals surface area (Å²) < 4.78 is 0. The first-order chi connectivity index (χ1) is 12.2. The minimum atomic E-state index is -0.310. The van der Waals surface area contributed by atoms with Crippen LogP contribution in [-0.2, 0) is 22.6 Å². The predicted molar refractivity (Wildman–Crippen MR) is 95.7 cm³/mol. The molecule has 3 rings (SSSR count). The van der Waals surface area contributed by atoms with Crippen LogP contribution in [0.25, 0.3) is 10.9 Å². The van der Waals surface area contributed by atoms with E-state index in [1.165, 1.54) is 0 Å². The van der Waals surface area contributed by atoms with Gasteiger partial charge in [0.25, 0.3) is 0 Å². The third-order valence-corrected chi connectivity index (χ3v) is 3.91. The molecule has 128 valence electrons. The van der Waals surface area contributed by atoms with Crippen LogP contribution in [0.3, 0.4) is 0 Å². The number of pyridine rings is 1. The van der Waals surface area contributed by atoms with Gasteiger partial charge in [0, 0.05) is 29.8 Å². The number of rotatable bonds is 7. The molecule has 0 unspecified atom stereocenters. The number of aromatic nitrogens is 2. The first-order valence-electron chi connectivity index (χ1n) is 8.20. The lowest BCUT2D eigenvalue weighted by Crippen LogP contribution is -2.32. The van der Waals surface area contributed by atoms with Gasteiger partial charge in [0.15, 0.2) is 0 Å². The Balaban J connectivity index is 1.40. The Hall–Kier alpha value is -3.15. The number of amides is 2. The average Bonchev–Trinajstić information content (AvgIpc) is 3.04. The van der Waals surface area contributed by atoms with Gasteiger partial charge in [0.05, 0.1) is 12.2 Å². The topological polar surface area (TPSA) is 86.9 Å². The van der Waals surface area contributed by atoms with Crippen LogP contribution in [0.1, 0.15) is 17.7 Å². The van der Waals surface area contributed by atoms with Crippen molar-refractivity contribution in [2.45, 2.75) is 19.4 Å². The normalized spacial score (nSPS) is 10.6. The zero-order chi connectivity index (χ0) is 17.5. The van der Waals surface area contributed by atoms with Crippen molar-refractivity contribution in [3.63, 3.8) is 0 Å². The Morgan fingerprint density at radius 2 is 1.80 bits per heavy atom. The summed E-state index contributed by atoms with van der Waals surface area (Å²) in [5, 5.41) is 6.63. The molecule has 0 bridgehead atoms. The van der Waals surface area contributed by atoms with E-state index in [0.717, 1.165) is 22.2 Å². The number of aromatic amines is 1. The summed E-state index contributed by atoms with van der Waals surface area (Å²) in [6.07, 6.45) is 4.15. The second kappa shape index (κ2) is 8.10. The van der Waals surface area contributed by atoms with Gasteiger partial charge in [0.1, 0.15) is 6.42 Å². The van der Waals surface area contributed by atoms with Crippen molar-refractivity contribution >= 4 is 22.7 Å². The fourth-order valence-electron chi connectivity index (χ4n) is 2.64. The second-order valence-electron chi connectivity index (χ2n) is 5.73. The molecular formula is C19H20N4O2. The molecule has 0 spiro atoms. The fraction of sp³-hybridized carbons (Fsp3) is 0.211. The molecule has 0 aliphatic rings. The smallest absolute Gasteiger partial charge is 0.229 e. The number of carbonyl (C=O) groups is 2. The SMILES string of the molecule is O=C(CC(=O)NCc1ccccn1)NCCc1c[nH]c2ccccc12. The van der Waals surface area contributed by atoms with Crippen LogP contribution < -0.4 is 10.6 Å². The molecule has 3 N–H and O–H groups in total. The number of para-hydroxylation sites is 1. The Morgan fingerprint density at radius 3 is 2.64 bits per heavy atom. The molecular weight excluding hydrogens is 316 g/mol. The number of H-pyrrole nitrogens is 1. The summed E-state index contributed by atoms with van der Waals surface area (Å²) in [7, 11) is 0. The highest BCUT2D eigenvalue weighted by Crippen LogP contribution is 2.17.